The third kappa shape index (κ3) is 2.06. The van der Waals surface area contributed by atoms with Gasteiger partial charge in [0.2, 0.25) is 0 Å². The molecule has 0 saturated carbocycles. The molecule has 1 aromatic rings. The zero-order chi connectivity index (χ0) is 10.0. The largest absolute Gasteiger partial charge is 0.321 e. The zero-order valence-electron chi connectivity index (χ0n) is 8.73. The fourth-order valence-electron chi connectivity index (χ4n) is 1.19. The predicted octanol–water partition coefficient (Wildman–Crippen LogP) is 1.51. The Morgan fingerprint density at radius 2 is 1.92 bits per heavy atom. The van der Waals surface area contributed by atoms with Crippen LogP contribution in [0.5, 0.6) is 0 Å². The third-order valence-electron chi connectivity index (χ3n) is 2.17. The first kappa shape index (κ1) is 10.2. The second-order valence-corrected chi connectivity index (χ2v) is 3.96. The molecular weight excluding hydrogens is 164 g/mol. The lowest BCUT2D eigenvalue weighted by molar-refractivity contribution is 0.448. The van der Waals surface area contributed by atoms with Crippen molar-refractivity contribution in [3.63, 3.8) is 0 Å². The van der Waals surface area contributed by atoms with Gasteiger partial charge in [0.25, 0.3) is 0 Å². The van der Waals surface area contributed by atoms with Gasteiger partial charge in [0.05, 0.1) is 6.04 Å². The van der Waals surface area contributed by atoms with Gasteiger partial charge in [-0.3, -0.25) is 0 Å². The highest BCUT2D eigenvalue weighted by Gasteiger charge is 2.17. The Bertz CT molecular complexity index is 264. The number of rotatable bonds is 3. The van der Waals surface area contributed by atoms with Crippen LogP contribution in [0.1, 0.15) is 45.6 Å². The molecule has 0 saturated heterocycles. The summed E-state index contributed by atoms with van der Waals surface area (Å²) in [4.78, 5) is 0. The molecule has 0 aliphatic rings. The SMILES string of the molecule is CC(C)[C@@H](N)c1nncn1C(C)C. The van der Waals surface area contributed by atoms with Gasteiger partial charge in [-0.2, -0.15) is 0 Å². The van der Waals surface area contributed by atoms with E-state index in [0.29, 0.717) is 12.0 Å². The molecule has 1 rings (SSSR count). The summed E-state index contributed by atoms with van der Waals surface area (Å²) < 4.78 is 2.02. The Balaban J connectivity index is 2.93. The van der Waals surface area contributed by atoms with Gasteiger partial charge in [-0.25, -0.2) is 0 Å². The van der Waals surface area contributed by atoms with Gasteiger partial charge in [0, 0.05) is 6.04 Å². The molecule has 0 spiro atoms. The number of aromatic nitrogens is 3. The number of hydrogen-bond donors (Lipinski definition) is 1. The molecule has 74 valence electrons. The molecule has 0 aromatic carbocycles. The van der Waals surface area contributed by atoms with Gasteiger partial charge in [0.1, 0.15) is 12.2 Å². The minimum absolute atomic E-state index is 0.0232. The minimum atomic E-state index is -0.0232. The fraction of sp³-hybridized carbons (Fsp3) is 0.778. The standard InChI is InChI=1S/C9H18N4/c1-6(2)8(10)9-12-11-5-13(9)7(3)4/h5-8H,10H2,1-4H3/t8-/m1/s1. The van der Waals surface area contributed by atoms with Crippen LogP contribution in [0.25, 0.3) is 0 Å². The molecule has 1 atom stereocenters. The third-order valence-corrected chi connectivity index (χ3v) is 2.17. The highest BCUT2D eigenvalue weighted by Crippen LogP contribution is 2.18. The maximum absolute atomic E-state index is 6.00. The molecule has 0 aliphatic carbocycles. The van der Waals surface area contributed by atoms with E-state index in [1.54, 1.807) is 6.33 Å². The van der Waals surface area contributed by atoms with E-state index in [1.165, 1.54) is 0 Å². The Labute approximate surface area is 79.2 Å². The topological polar surface area (TPSA) is 56.7 Å². The Kier molecular flexibility index (Phi) is 3.03. The Morgan fingerprint density at radius 1 is 1.31 bits per heavy atom. The van der Waals surface area contributed by atoms with E-state index in [9.17, 15) is 0 Å². The van der Waals surface area contributed by atoms with Crippen molar-refractivity contribution >= 4 is 0 Å². The molecule has 0 amide bonds. The lowest BCUT2D eigenvalue weighted by Gasteiger charge is -2.17. The van der Waals surface area contributed by atoms with Crippen LogP contribution in [0.2, 0.25) is 0 Å². The second kappa shape index (κ2) is 3.87. The van der Waals surface area contributed by atoms with E-state index in [-0.39, 0.29) is 6.04 Å². The van der Waals surface area contributed by atoms with Crippen LogP contribution in [0, 0.1) is 5.92 Å². The van der Waals surface area contributed by atoms with Gasteiger partial charge in [-0.05, 0) is 19.8 Å². The normalized spacial score (nSPS) is 14.1. The van der Waals surface area contributed by atoms with Gasteiger partial charge in [-0.15, -0.1) is 10.2 Å². The first-order valence-electron chi connectivity index (χ1n) is 4.69. The van der Waals surface area contributed by atoms with Crippen LogP contribution in [-0.2, 0) is 0 Å². The average Bonchev–Trinajstić information content (AvgIpc) is 2.50. The van der Waals surface area contributed by atoms with Crippen molar-refractivity contribution in [3.8, 4) is 0 Å². The van der Waals surface area contributed by atoms with Gasteiger partial charge < -0.3 is 10.3 Å². The van der Waals surface area contributed by atoms with E-state index in [2.05, 4.69) is 37.9 Å². The number of nitrogens with zero attached hydrogens (tertiary/aromatic N) is 3. The van der Waals surface area contributed by atoms with Crippen molar-refractivity contribution in [2.75, 3.05) is 0 Å². The molecule has 13 heavy (non-hydrogen) atoms. The maximum Gasteiger partial charge on any atom is 0.150 e. The fourth-order valence-corrected chi connectivity index (χ4v) is 1.19. The average molecular weight is 182 g/mol. The summed E-state index contributed by atoms with van der Waals surface area (Å²) >= 11 is 0. The Morgan fingerprint density at radius 3 is 2.38 bits per heavy atom. The summed E-state index contributed by atoms with van der Waals surface area (Å²) in [5, 5.41) is 7.93. The monoisotopic (exact) mass is 182 g/mol. The second-order valence-electron chi connectivity index (χ2n) is 3.96. The van der Waals surface area contributed by atoms with Gasteiger partial charge >= 0.3 is 0 Å². The molecule has 2 N–H and O–H groups in total. The van der Waals surface area contributed by atoms with Crippen LogP contribution in [-0.4, -0.2) is 14.8 Å². The van der Waals surface area contributed by atoms with E-state index in [1.807, 2.05) is 4.57 Å². The van der Waals surface area contributed by atoms with E-state index < -0.39 is 0 Å². The van der Waals surface area contributed by atoms with Crippen LogP contribution < -0.4 is 5.73 Å². The smallest absolute Gasteiger partial charge is 0.150 e. The molecule has 4 nitrogen and oxygen atoms in total. The summed E-state index contributed by atoms with van der Waals surface area (Å²) in [5.41, 5.74) is 6.00. The number of nitrogens with two attached hydrogens (primary N) is 1. The summed E-state index contributed by atoms with van der Waals surface area (Å²) in [6.45, 7) is 8.37. The quantitative estimate of drug-likeness (QED) is 0.771. The van der Waals surface area contributed by atoms with Crippen LogP contribution in [0.3, 0.4) is 0 Å². The molecule has 1 heterocycles. The summed E-state index contributed by atoms with van der Waals surface area (Å²) in [6.07, 6.45) is 1.74. The van der Waals surface area contributed by atoms with Crippen molar-refractivity contribution in [3.05, 3.63) is 12.2 Å². The maximum atomic E-state index is 6.00. The Hall–Kier alpha value is -0.900. The molecule has 4 heteroatoms. The zero-order valence-corrected chi connectivity index (χ0v) is 8.73. The summed E-state index contributed by atoms with van der Waals surface area (Å²) in [6, 6.07) is 0.347. The molecule has 0 bridgehead atoms. The number of hydrogen-bond acceptors (Lipinski definition) is 3. The van der Waals surface area contributed by atoms with Crippen LogP contribution in [0.15, 0.2) is 6.33 Å². The molecule has 0 fully saturated rings. The highest BCUT2D eigenvalue weighted by atomic mass is 15.3. The summed E-state index contributed by atoms with van der Waals surface area (Å²) in [5.74, 6) is 1.27. The molecule has 1 aromatic heterocycles. The summed E-state index contributed by atoms with van der Waals surface area (Å²) in [7, 11) is 0. The van der Waals surface area contributed by atoms with Crippen molar-refractivity contribution in [1.82, 2.24) is 14.8 Å². The van der Waals surface area contributed by atoms with Crippen LogP contribution >= 0.6 is 0 Å². The first-order chi connectivity index (χ1) is 6.04. The van der Waals surface area contributed by atoms with E-state index in [4.69, 9.17) is 5.73 Å². The predicted molar refractivity (Wildman–Crippen MR) is 52.2 cm³/mol. The lowest BCUT2D eigenvalue weighted by Crippen LogP contribution is -2.22. The van der Waals surface area contributed by atoms with Crippen molar-refractivity contribution in [2.24, 2.45) is 11.7 Å². The molecular formula is C9H18N4. The molecule has 0 aliphatic heterocycles. The van der Waals surface area contributed by atoms with Gasteiger partial charge in [-0.1, -0.05) is 13.8 Å². The molecule has 0 radical (unpaired) electrons. The van der Waals surface area contributed by atoms with E-state index >= 15 is 0 Å². The molecule has 0 unspecified atom stereocenters. The minimum Gasteiger partial charge on any atom is -0.321 e. The van der Waals surface area contributed by atoms with Crippen molar-refractivity contribution in [2.45, 2.75) is 39.8 Å². The van der Waals surface area contributed by atoms with Gasteiger partial charge in [0.15, 0.2) is 0 Å². The van der Waals surface area contributed by atoms with Crippen LogP contribution in [0.4, 0.5) is 0 Å². The van der Waals surface area contributed by atoms with E-state index in [0.717, 1.165) is 5.82 Å². The van der Waals surface area contributed by atoms with Crippen molar-refractivity contribution in [1.29, 1.82) is 0 Å². The lowest BCUT2D eigenvalue weighted by atomic mass is 10.0. The first-order valence-corrected chi connectivity index (χ1v) is 4.69. The highest BCUT2D eigenvalue weighted by molar-refractivity contribution is 4.96. The van der Waals surface area contributed by atoms with Crippen molar-refractivity contribution < 1.29 is 0 Å².